The van der Waals surface area contributed by atoms with Crippen molar-refractivity contribution in [3.63, 3.8) is 0 Å². The molecule has 1 saturated heterocycles. The van der Waals surface area contributed by atoms with Crippen molar-refractivity contribution in [2.24, 2.45) is 0 Å². The second kappa shape index (κ2) is 3.83. The van der Waals surface area contributed by atoms with Crippen LogP contribution in [0.4, 0.5) is 5.69 Å². The fourth-order valence-corrected chi connectivity index (χ4v) is 2.56. The molecule has 0 saturated carbocycles. The Morgan fingerprint density at radius 2 is 2.31 bits per heavy atom. The average Bonchev–Trinajstić information content (AvgIpc) is 2.90. The molecule has 3 rings (SSSR count). The lowest BCUT2D eigenvalue weighted by Crippen LogP contribution is -2.23. The molecule has 1 aromatic heterocycles. The van der Waals surface area contributed by atoms with Crippen LogP contribution in [-0.4, -0.2) is 17.6 Å². The number of nitrogens with one attached hydrogen (secondary N) is 2. The van der Waals surface area contributed by atoms with Crippen LogP contribution < -0.4 is 11.1 Å². The van der Waals surface area contributed by atoms with E-state index in [4.69, 9.17) is 5.73 Å². The number of nitrogen functional groups attached to an aromatic ring is 1. The summed E-state index contributed by atoms with van der Waals surface area (Å²) in [5.41, 5.74) is 9.23. The van der Waals surface area contributed by atoms with Crippen LogP contribution in [0.5, 0.6) is 0 Å². The topological polar surface area (TPSA) is 53.8 Å². The van der Waals surface area contributed by atoms with Gasteiger partial charge in [0.1, 0.15) is 0 Å². The lowest BCUT2D eigenvalue weighted by molar-refractivity contribution is 0.605. The molecule has 1 fully saturated rings. The molecule has 0 spiro atoms. The number of aromatic nitrogens is 1. The molecule has 0 radical (unpaired) electrons. The first kappa shape index (κ1) is 9.73. The highest BCUT2D eigenvalue weighted by atomic mass is 14.9. The maximum Gasteiger partial charge on any atom is 0.0458 e. The summed E-state index contributed by atoms with van der Waals surface area (Å²) in [5.74, 6) is 0. The Labute approximate surface area is 95.0 Å². The molecule has 1 aliphatic rings. The molecule has 0 aliphatic carbocycles. The summed E-state index contributed by atoms with van der Waals surface area (Å²) >= 11 is 0. The quantitative estimate of drug-likeness (QED) is 0.671. The predicted molar refractivity (Wildman–Crippen MR) is 67.4 cm³/mol. The highest BCUT2D eigenvalue weighted by Crippen LogP contribution is 2.23. The molecule has 4 N–H and O–H groups in total. The van der Waals surface area contributed by atoms with Gasteiger partial charge in [0, 0.05) is 28.8 Å². The lowest BCUT2D eigenvalue weighted by Gasteiger charge is -2.08. The third kappa shape index (κ3) is 1.67. The normalized spacial score (nSPS) is 20.6. The number of H-pyrrole nitrogens is 1. The van der Waals surface area contributed by atoms with E-state index in [9.17, 15) is 0 Å². The van der Waals surface area contributed by atoms with Crippen LogP contribution in [0.15, 0.2) is 24.4 Å². The fourth-order valence-electron chi connectivity index (χ4n) is 2.56. The van der Waals surface area contributed by atoms with E-state index in [1.54, 1.807) is 0 Å². The molecular weight excluding hydrogens is 198 g/mol. The lowest BCUT2D eigenvalue weighted by atomic mass is 10.0. The molecule has 0 unspecified atom stereocenters. The highest BCUT2D eigenvalue weighted by Gasteiger charge is 2.16. The molecule has 1 aliphatic heterocycles. The van der Waals surface area contributed by atoms with Gasteiger partial charge >= 0.3 is 0 Å². The van der Waals surface area contributed by atoms with Gasteiger partial charge in [-0.2, -0.15) is 0 Å². The van der Waals surface area contributed by atoms with Crippen LogP contribution in [0, 0.1) is 0 Å². The highest BCUT2D eigenvalue weighted by molar-refractivity contribution is 5.86. The van der Waals surface area contributed by atoms with E-state index >= 15 is 0 Å². The minimum absolute atomic E-state index is 0.639. The van der Waals surface area contributed by atoms with E-state index in [0.29, 0.717) is 6.04 Å². The molecule has 84 valence electrons. The number of hydrogen-bond donors (Lipinski definition) is 3. The molecule has 16 heavy (non-hydrogen) atoms. The number of benzene rings is 1. The second-order valence-corrected chi connectivity index (χ2v) is 4.62. The molecular formula is C13H17N3. The van der Waals surface area contributed by atoms with E-state index in [1.807, 2.05) is 6.07 Å². The number of nitrogens with two attached hydrogens (primary N) is 1. The van der Waals surface area contributed by atoms with Crippen LogP contribution in [0.3, 0.4) is 0 Å². The summed E-state index contributed by atoms with van der Waals surface area (Å²) in [4.78, 5) is 3.31. The first-order valence-corrected chi connectivity index (χ1v) is 5.92. The zero-order chi connectivity index (χ0) is 11.0. The van der Waals surface area contributed by atoms with Crippen molar-refractivity contribution in [1.82, 2.24) is 10.3 Å². The first-order chi connectivity index (χ1) is 7.83. The predicted octanol–water partition coefficient (Wildman–Crippen LogP) is 2.04. The van der Waals surface area contributed by atoms with Gasteiger partial charge in [0.2, 0.25) is 0 Å². The van der Waals surface area contributed by atoms with Gasteiger partial charge in [0.25, 0.3) is 0 Å². The summed E-state index contributed by atoms with van der Waals surface area (Å²) in [6.45, 7) is 1.16. The van der Waals surface area contributed by atoms with Gasteiger partial charge in [-0.1, -0.05) is 0 Å². The maximum absolute atomic E-state index is 5.83. The Morgan fingerprint density at radius 1 is 1.38 bits per heavy atom. The zero-order valence-corrected chi connectivity index (χ0v) is 9.29. The third-order valence-corrected chi connectivity index (χ3v) is 3.42. The van der Waals surface area contributed by atoms with Crippen LogP contribution in [-0.2, 0) is 6.42 Å². The van der Waals surface area contributed by atoms with Crippen LogP contribution in [0.2, 0.25) is 0 Å². The van der Waals surface area contributed by atoms with E-state index in [2.05, 4.69) is 28.6 Å². The van der Waals surface area contributed by atoms with Gasteiger partial charge in [0.15, 0.2) is 0 Å². The van der Waals surface area contributed by atoms with Crippen LogP contribution in [0.1, 0.15) is 18.4 Å². The monoisotopic (exact) mass is 215 g/mol. The second-order valence-electron chi connectivity index (χ2n) is 4.62. The van der Waals surface area contributed by atoms with Crippen molar-refractivity contribution < 1.29 is 0 Å². The largest absolute Gasteiger partial charge is 0.399 e. The molecule has 0 bridgehead atoms. The van der Waals surface area contributed by atoms with E-state index in [-0.39, 0.29) is 0 Å². The maximum atomic E-state index is 5.83. The standard InChI is InChI=1S/C13H17N3/c14-10-3-4-13-12(7-10)9(8-16-13)6-11-2-1-5-15-11/h3-4,7-8,11,15-16H,1-2,5-6,14H2/t11-/m1/s1. The number of anilines is 1. The molecule has 2 heterocycles. The van der Waals surface area contributed by atoms with E-state index < -0.39 is 0 Å². The number of hydrogen-bond acceptors (Lipinski definition) is 2. The van der Waals surface area contributed by atoms with Gasteiger partial charge in [-0.15, -0.1) is 0 Å². The molecule has 1 aromatic carbocycles. The Kier molecular flexibility index (Phi) is 2.33. The van der Waals surface area contributed by atoms with E-state index in [1.165, 1.54) is 29.3 Å². The van der Waals surface area contributed by atoms with Gasteiger partial charge in [-0.3, -0.25) is 0 Å². The Hall–Kier alpha value is -1.48. The van der Waals surface area contributed by atoms with Crippen molar-refractivity contribution in [3.05, 3.63) is 30.0 Å². The molecule has 1 atom stereocenters. The van der Waals surface area contributed by atoms with Gasteiger partial charge in [-0.25, -0.2) is 0 Å². The summed E-state index contributed by atoms with van der Waals surface area (Å²) in [7, 11) is 0. The Balaban J connectivity index is 1.93. The fraction of sp³-hybridized carbons (Fsp3) is 0.385. The third-order valence-electron chi connectivity index (χ3n) is 3.42. The van der Waals surface area contributed by atoms with Crippen molar-refractivity contribution >= 4 is 16.6 Å². The number of rotatable bonds is 2. The summed E-state index contributed by atoms with van der Waals surface area (Å²) < 4.78 is 0. The summed E-state index contributed by atoms with van der Waals surface area (Å²) in [5, 5.41) is 4.80. The summed E-state index contributed by atoms with van der Waals surface area (Å²) in [6, 6.07) is 6.70. The van der Waals surface area contributed by atoms with E-state index in [0.717, 1.165) is 18.7 Å². The smallest absolute Gasteiger partial charge is 0.0458 e. The average molecular weight is 215 g/mol. The summed E-state index contributed by atoms with van der Waals surface area (Å²) in [6.07, 6.45) is 5.80. The zero-order valence-electron chi connectivity index (χ0n) is 9.29. The van der Waals surface area contributed by atoms with Crippen LogP contribution in [0.25, 0.3) is 10.9 Å². The SMILES string of the molecule is Nc1ccc2[nH]cc(C[C@H]3CCCN3)c2c1. The van der Waals surface area contributed by atoms with Crippen LogP contribution >= 0.6 is 0 Å². The van der Waals surface area contributed by atoms with Crippen molar-refractivity contribution in [1.29, 1.82) is 0 Å². The van der Waals surface area contributed by atoms with Gasteiger partial charge < -0.3 is 16.0 Å². The molecule has 3 nitrogen and oxygen atoms in total. The number of aromatic amines is 1. The Morgan fingerprint density at radius 3 is 3.12 bits per heavy atom. The van der Waals surface area contributed by atoms with Crippen molar-refractivity contribution in [2.75, 3.05) is 12.3 Å². The first-order valence-electron chi connectivity index (χ1n) is 5.92. The van der Waals surface area contributed by atoms with Gasteiger partial charge in [0.05, 0.1) is 0 Å². The molecule has 3 heteroatoms. The van der Waals surface area contributed by atoms with Gasteiger partial charge in [-0.05, 0) is 49.6 Å². The Bertz CT molecular complexity index is 495. The molecule has 2 aromatic rings. The van der Waals surface area contributed by atoms with Crippen molar-refractivity contribution in [2.45, 2.75) is 25.3 Å². The van der Waals surface area contributed by atoms with Crippen molar-refractivity contribution in [3.8, 4) is 0 Å². The minimum atomic E-state index is 0.639. The minimum Gasteiger partial charge on any atom is -0.399 e. The number of fused-ring (bicyclic) bond motifs is 1. The molecule has 0 amide bonds.